The number of aryl methyl sites for hydroxylation is 1. The van der Waals surface area contributed by atoms with Gasteiger partial charge in [-0.1, -0.05) is 0 Å². The van der Waals surface area contributed by atoms with Crippen LogP contribution in [0.15, 0.2) is 41.3 Å². The molecule has 8 heteroatoms. The molecule has 0 spiro atoms. The van der Waals surface area contributed by atoms with Crippen LogP contribution in [-0.4, -0.2) is 35.1 Å². The molecule has 2 aliphatic rings. The number of sulfonamides is 1. The lowest BCUT2D eigenvalue weighted by Gasteiger charge is -2.30. The summed E-state index contributed by atoms with van der Waals surface area (Å²) in [6, 6.07) is 9.90. The van der Waals surface area contributed by atoms with Gasteiger partial charge in [-0.2, -0.15) is 0 Å². The lowest BCUT2D eigenvalue weighted by Crippen LogP contribution is -2.36. The second-order valence-corrected chi connectivity index (χ2v) is 8.98. The minimum atomic E-state index is -3.85. The lowest BCUT2D eigenvalue weighted by atomic mass is 10.0. The fourth-order valence-corrected chi connectivity index (χ4v) is 4.85. The maximum Gasteiger partial charge on any atom is 0.265 e. The van der Waals surface area contributed by atoms with Crippen molar-refractivity contribution < 1.29 is 22.7 Å². The second-order valence-electron chi connectivity index (χ2n) is 7.33. The van der Waals surface area contributed by atoms with E-state index in [1.165, 1.54) is 26.4 Å². The van der Waals surface area contributed by atoms with E-state index in [1.807, 2.05) is 17.0 Å². The summed E-state index contributed by atoms with van der Waals surface area (Å²) in [4.78, 5) is 14.4. The largest absolute Gasteiger partial charge is 0.497 e. The van der Waals surface area contributed by atoms with Crippen LogP contribution in [-0.2, 0) is 21.2 Å². The highest BCUT2D eigenvalue weighted by atomic mass is 32.2. The quantitative estimate of drug-likeness (QED) is 0.782. The molecule has 1 saturated carbocycles. The van der Waals surface area contributed by atoms with E-state index in [4.69, 9.17) is 9.47 Å². The Morgan fingerprint density at radius 2 is 1.90 bits per heavy atom. The van der Waals surface area contributed by atoms with Crippen molar-refractivity contribution in [2.75, 3.05) is 30.4 Å². The van der Waals surface area contributed by atoms with E-state index in [9.17, 15) is 13.2 Å². The molecule has 4 rings (SSSR count). The van der Waals surface area contributed by atoms with Crippen LogP contribution in [0.5, 0.6) is 11.5 Å². The Morgan fingerprint density at radius 1 is 1.10 bits per heavy atom. The maximum absolute atomic E-state index is 12.9. The molecular weight excluding hydrogens is 392 g/mol. The SMILES string of the molecule is COc1ccc(S(=O)(=O)Nc2ccc3c(c2)CCCN3C(=O)C2CC2)c(OC)c1. The number of benzene rings is 2. The zero-order valence-corrected chi connectivity index (χ0v) is 17.3. The molecule has 1 heterocycles. The molecule has 1 N–H and O–H groups in total. The van der Waals surface area contributed by atoms with Gasteiger partial charge in [0.1, 0.15) is 16.4 Å². The second kappa shape index (κ2) is 7.59. The van der Waals surface area contributed by atoms with Crippen molar-refractivity contribution in [3.63, 3.8) is 0 Å². The Hall–Kier alpha value is -2.74. The van der Waals surface area contributed by atoms with Crippen LogP contribution in [0.4, 0.5) is 11.4 Å². The number of amides is 1. The molecule has 1 aliphatic heterocycles. The third-order valence-corrected chi connectivity index (χ3v) is 6.72. The first-order valence-corrected chi connectivity index (χ1v) is 11.1. The van der Waals surface area contributed by atoms with E-state index in [2.05, 4.69) is 4.72 Å². The van der Waals surface area contributed by atoms with Gasteiger partial charge >= 0.3 is 0 Å². The topological polar surface area (TPSA) is 84.9 Å². The first kappa shape index (κ1) is 19.6. The normalized spacial score (nSPS) is 16.1. The summed E-state index contributed by atoms with van der Waals surface area (Å²) in [5, 5.41) is 0. The van der Waals surface area contributed by atoms with Gasteiger partial charge in [0.2, 0.25) is 5.91 Å². The van der Waals surface area contributed by atoms with Crippen molar-refractivity contribution in [2.45, 2.75) is 30.6 Å². The van der Waals surface area contributed by atoms with Gasteiger partial charge in [-0.3, -0.25) is 9.52 Å². The molecule has 154 valence electrons. The zero-order valence-electron chi connectivity index (χ0n) is 16.5. The number of ether oxygens (including phenoxy) is 2. The number of nitrogens with one attached hydrogen (secondary N) is 1. The number of hydrogen-bond donors (Lipinski definition) is 1. The lowest BCUT2D eigenvalue weighted by molar-refractivity contribution is -0.119. The van der Waals surface area contributed by atoms with Crippen LogP contribution in [0.25, 0.3) is 0 Å². The smallest absolute Gasteiger partial charge is 0.265 e. The molecule has 0 atom stereocenters. The van der Waals surface area contributed by atoms with Gasteiger partial charge in [-0.05, 0) is 61.6 Å². The molecule has 1 aliphatic carbocycles. The zero-order chi connectivity index (χ0) is 20.6. The van der Waals surface area contributed by atoms with Gasteiger partial charge in [0.05, 0.1) is 14.2 Å². The summed E-state index contributed by atoms with van der Waals surface area (Å²) >= 11 is 0. The number of carbonyl (C=O) groups is 1. The van der Waals surface area contributed by atoms with E-state index >= 15 is 0 Å². The standard InChI is InChI=1S/C21H24N2O5S/c1-27-17-8-10-20(19(13-17)28-2)29(25,26)22-16-7-9-18-15(12-16)4-3-11-23(18)21(24)14-5-6-14/h7-10,12-14,22H,3-6,11H2,1-2H3. The van der Waals surface area contributed by atoms with Crippen LogP contribution < -0.4 is 19.1 Å². The predicted molar refractivity (Wildman–Crippen MR) is 110 cm³/mol. The van der Waals surface area contributed by atoms with E-state index < -0.39 is 10.0 Å². The highest BCUT2D eigenvalue weighted by Crippen LogP contribution is 2.37. The first-order valence-electron chi connectivity index (χ1n) is 9.62. The molecule has 2 aromatic carbocycles. The number of hydrogen-bond acceptors (Lipinski definition) is 5. The minimum Gasteiger partial charge on any atom is -0.497 e. The monoisotopic (exact) mass is 416 g/mol. The van der Waals surface area contributed by atoms with Crippen molar-refractivity contribution in [2.24, 2.45) is 5.92 Å². The first-order chi connectivity index (χ1) is 13.9. The predicted octanol–water partition coefficient (Wildman–Crippen LogP) is 3.19. The fraction of sp³-hybridized carbons (Fsp3) is 0.381. The van der Waals surface area contributed by atoms with Crippen LogP contribution in [0.2, 0.25) is 0 Å². The number of methoxy groups -OCH3 is 2. The Kier molecular flexibility index (Phi) is 5.12. The summed E-state index contributed by atoms with van der Waals surface area (Å²) in [6.07, 6.45) is 3.61. The Morgan fingerprint density at radius 3 is 2.59 bits per heavy atom. The van der Waals surface area contributed by atoms with Crippen LogP contribution in [0.3, 0.4) is 0 Å². The Labute approximate surface area is 170 Å². The van der Waals surface area contributed by atoms with E-state index in [0.29, 0.717) is 11.4 Å². The summed E-state index contributed by atoms with van der Waals surface area (Å²) in [5.74, 6) is 1.05. The summed E-state index contributed by atoms with van der Waals surface area (Å²) in [7, 11) is -0.932. The van der Waals surface area contributed by atoms with Crippen LogP contribution >= 0.6 is 0 Å². The highest BCUT2D eigenvalue weighted by molar-refractivity contribution is 7.92. The molecule has 1 fully saturated rings. The third-order valence-electron chi connectivity index (χ3n) is 5.30. The molecule has 0 unspecified atom stereocenters. The van der Waals surface area contributed by atoms with Gasteiger partial charge in [-0.25, -0.2) is 8.42 Å². The van der Waals surface area contributed by atoms with Gasteiger partial charge in [0.15, 0.2) is 0 Å². The van der Waals surface area contributed by atoms with Gasteiger partial charge in [0.25, 0.3) is 10.0 Å². The Bertz CT molecular complexity index is 1050. The number of fused-ring (bicyclic) bond motifs is 1. The molecule has 0 aromatic heterocycles. The van der Waals surface area contributed by atoms with E-state index in [0.717, 1.165) is 43.5 Å². The van der Waals surface area contributed by atoms with Crippen molar-refractivity contribution in [3.8, 4) is 11.5 Å². The molecule has 0 saturated heterocycles. The third kappa shape index (κ3) is 3.89. The average molecular weight is 416 g/mol. The summed E-state index contributed by atoms with van der Waals surface area (Å²) < 4.78 is 38.8. The number of anilines is 2. The molecular formula is C21H24N2O5S. The van der Waals surface area contributed by atoms with Crippen molar-refractivity contribution in [3.05, 3.63) is 42.0 Å². The van der Waals surface area contributed by atoms with Gasteiger partial charge in [0, 0.05) is 29.9 Å². The number of nitrogens with zero attached hydrogens (tertiary/aromatic N) is 1. The summed E-state index contributed by atoms with van der Waals surface area (Å²) in [5.41, 5.74) is 2.33. The van der Waals surface area contributed by atoms with Crippen molar-refractivity contribution in [1.29, 1.82) is 0 Å². The minimum absolute atomic E-state index is 0.0315. The molecule has 29 heavy (non-hydrogen) atoms. The summed E-state index contributed by atoms with van der Waals surface area (Å²) in [6.45, 7) is 0.719. The van der Waals surface area contributed by atoms with Crippen molar-refractivity contribution >= 4 is 27.3 Å². The van der Waals surface area contributed by atoms with Crippen LogP contribution in [0, 0.1) is 5.92 Å². The van der Waals surface area contributed by atoms with Gasteiger partial charge in [-0.15, -0.1) is 0 Å². The van der Waals surface area contributed by atoms with Gasteiger partial charge < -0.3 is 14.4 Å². The van der Waals surface area contributed by atoms with Crippen LogP contribution in [0.1, 0.15) is 24.8 Å². The average Bonchev–Trinajstić information content (AvgIpc) is 3.57. The molecule has 1 amide bonds. The highest BCUT2D eigenvalue weighted by Gasteiger charge is 2.35. The van der Waals surface area contributed by atoms with Crippen molar-refractivity contribution in [1.82, 2.24) is 0 Å². The molecule has 0 radical (unpaired) electrons. The fourth-order valence-electron chi connectivity index (χ4n) is 3.65. The number of carbonyl (C=O) groups excluding carboxylic acids is 1. The molecule has 2 aromatic rings. The Balaban J connectivity index is 1.61. The molecule has 0 bridgehead atoms. The molecule has 7 nitrogen and oxygen atoms in total. The maximum atomic E-state index is 12.9. The van der Waals surface area contributed by atoms with E-state index in [1.54, 1.807) is 12.1 Å². The number of rotatable bonds is 6. The van der Waals surface area contributed by atoms with E-state index in [-0.39, 0.29) is 22.5 Å².